The van der Waals surface area contributed by atoms with Crippen LogP contribution in [0.15, 0.2) is 27.9 Å². The Bertz CT molecular complexity index is 448. The van der Waals surface area contributed by atoms with Gasteiger partial charge >= 0.3 is 0 Å². The van der Waals surface area contributed by atoms with Crippen LogP contribution in [0.1, 0.15) is 0 Å². The molecule has 0 saturated carbocycles. The Morgan fingerprint density at radius 2 is 2.23 bits per heavy atom. The van der Waals surface area contributed by atoms with Gasteiger partial charge in [-0.3, -0.25) is 4.99 Å². The fourth-order valence-corrected chi connectivity index (χ4v) is 2.94. The Hall–Kier alpha value is -0.870. The van der Waals surface area contributed by atoms with Gasteiger partial charge in [0.15, 0.2) is 4.80 Å². The summed E-state index contributed by atoms with van der Waals surface area (Å²) in [7, 11) is 3.87. The Balaban J connectivity index is 2.61. The average Bonchev–Trinajstić information content (AvgIpc) is 2.72. The summed E-state index contributed by atoms with van der Waals surface area (Å²) in [4.78, 5) is 6.55. The van der Waals surface area contributed by atoms with E-state index in [2.05, 4.69) is 32.5 Å². The van der Waals surface area contributed by atoms with Gasteiger partial charge in [0.05, 0.1) is 10.6 Å². The highest BCUT2D eigenvalue weighted by Gasteiger charge is 2.03. The fraction of sp³-hybridized carbons (Fsp3) is 0.222. The van der Waals surface area contributed by atoms with E-state index in [4.69, 9.17) is 0 Å². The van der Waals surface area contributed by atoms with E-state index in [0.29, 0.717) is 0 Å². The van der Waals surface area contributed by atoms with E-state index in [-0.39, 0.29) is 0 Å². The third-order valence-corrected chi connectivity index (χ3v) is 3.79. The van der Waals surface area contributed by atoms with Crippen LogP contribution in [0.2, 0.25) is 0 Å². The summed E-state index contributed by atoms with van der Waals surface area (Å²) >= 11 is 3.44. The molecular formula is C9H10N2S2. The topological polar surface area (TPSA) is 17.3 Å². The summed E-state index contributed by atoms with van der Waals surface area (Å²) in [6, 6.07) is 4.20. The zero-order chi connectivity index (χ0) is 9.26. The quantitative estimate of drug-likeness (QED) is 0.687. The predicted octanol–water partition coefficient (Wildman–Crippen LogP) is 2.35. The lowest BCUT2D eigenvalue weighted by molar-refractivity contribution is 0.878. The van der Waals surface area contributed by atoms with Gasteiger partial charge in [0.2, 0.25) is 0 Å². The molecule has 0 spiro atoms. The molecule has 0 amide bonds. The number of thiazole rings is 1. The molecule has 13 heavy (non-hydrogen) atoms. The third-order valence-electron chi connectivity index (χ3n) is 1.89. The maximum Gasteiger partial charge on any atom is 0.184 e. The van der Waals surface area contributed by atoms with Crippen LogP contribution in [0, 0.1) is 0 Å². The molecule has 68 valence electrons. The zero-order valence-corrected chi connectivity index (χ0v) is 9.15. The van der Waals surface area contributed by atoms with Gasteiger partial charge in [0, 0.05) is 19.5 Å². The van der Waals surface area contributed by atoms with E-state index in [0.717, 1.165) is 4.80 Å². The van der Waals surface area contributed by atoms with E-state index in [1.165, 1.54) is 10.6 Å². The van der Waals surface area contributed by atoms with Crippen molar-refractivity contribution in [1.29, 1.82) is 0 Å². The largest absolute Gasteiger partial charge is 0.319 e. The number of rotatable bonds is 1. The number of nitrogens with zero attached hydrogens (tertiary/aromatic N) is 2. The first-order chi connectivity index (χ1) is 6.33. The van der Waals surface area contributed by atoms with Crippen molar-refractivity contribution in [3.05, 3.63) is 27.7 Å². The van der Waals surface area contributed by atoms with Crippen molar-refractivity contribution in [2.75, 3.05) is 7.05 Å². The van der Waals surface area contributed by atoms with E-state index in [1.54, 1.807) is 22.7 Å². The molecule has 0 fully saturated rings. The summed E-state index contributed by atoms with van der Waals surface area (Å²) in [5, 5.41) is 4.24. The van der Waals surface area contributed by atoms with Gasteiger partial charge in [-0.25, -0.2) is 0 Å². The van der Waals surface area contributed by atoms with Gasteiger partial charge in [0.1, 0.15) is 0 Å². The normalized spacial score (nSPS) is 12.3. The number of thiophene rings is 1. The van der Waals surface area contributed by atoms with E-state index >= 15 is 0 Å². The van der Waals surface area contributed by atoms with Crippen molar-refractivity contribution in [3.8, 4) is 10.6 Å². The first-order valence-electron chi connectivity index (χ1n) is 3.94. The molecule has 0 aliphatic carbocycles. The van der Waals surface area contributed by atoms with Gasteiger partial charge < -0.3 is 4.57 Å². The van der Waals surface area contributed by atoms with Gasteiger partial charge in [-0.2, -0.15) is 0 Å². The molecule has 2 aromatic heterocycles. The molecule has 0 bridgehead atoms. The summed E-state index contributed by atoms with van der Waals surface area (Å²) in [5.74, 6) is 0. The first kappa shape index (κ1) is 8.72. The standard InChI is InChI=1S/C9H10N2S2/c1-10-9-11(2)7(6-13-9)8-4-3-5-12-8/h3-6H,1-2H3. The summed E-state index contributed by atoms with van der Waals surface area (Å²) in [6.07, 6.45) is 0. The van der Waals surface area contributed by atoms with Crippen LogP contribution in [-0.2, 0) is 7.05 Å². The van der Waals surface area contributed by atoms with Crippen LogP contribution in [0.3, 0.4) is 0 Å². The smallest absolute Gasteiger partial charge is 0.184 e. The van der Waals surface area contributed by atoms with Crippen LogP contribution < -0.4 is 4.80 Å². The highest BCUT2D eigenvalue weighted by Crippen LogP contribution is 2.23. The van der Waals surface area contributed by atoms with Crippen LogP contribution in [0.25, 0.3) is 10.6 Å². The molecule has 2 heterocycles. The van der Waals surface area contributed by atoms with Crippen molar-refractivity contribution in [1.82, 2.24) is 4.57 Å². The third kappa shape index (κ3) is 1.47. The zero-order valence-electron chi connectivity index (χ0n) is 7.52. The molecule has 0 aliphatic heterocycles. The summed E-state index contributed by atoms with van der Waals surface area (Å²) < 4.78 is 2.12. The Morgan fingerprint density at radius 1 is 1.38 bits per heavy atom. The lowest BCUT2D eigenvalue weighted by Gasteiger charge is -1.97. The molecule has 0 radical (unpaired) electrons. The van der Waals surface area contributed by atoms with E-state index < -0.39 is 0 Å². The van der Waals surface area contributed by atoms with Crippen LogP contribution in [0.4, 0.5) is 0 Å². The predicted molar refractivity (Wildman–Crippen MR) is 58.1 cm³/mol. The van der Waals surface area contributed by atoms with Gasteiger partial charge in [-0.05, 0) is 11.4 Å². The van der Waals surface area contributed by atoms with Crippen molar-refractivity contribution in [3.63, 3.8) is 0 Å². The van der Waals surface area contributed by atoms with Gasteiger partial charge in [-0.15, -0.1) is 22.7 Å². The van der Waals surface area contributed by atoms with Crippen LogP contribution >= 0.6 is 22.7 Å². The lowest BCUT2D eigenvalue weighted by Crippen LogP contribution is -2.10. The Morgan fingerprint density at radius 3 is 2.77 bits per heavy atom. The minimum absolute atomic E-state index is 1.06. The van der Waals surface area contributed by atoms with Crippen molar-refractivity contribution < 1.29 is 0 Å². The molecule has 0 unspecified atom stereocenters. The Kier molecular flexibility index (Phi) is 2.33. The number of hydrogen-bond acceptors (Lipinski definition) is 3. The molecular weight excluding hydrogens is 200 g/mol. The molecule has 0 saturated heterocycles. The molecule has 2 nitrogen and oxygen atoms in total. The maximum absolute atomic E-state index is 4.19. The highest BCUT2D eigenvalue weighted by atomic mass is 32.1. The number of aromatic nitrogens is 1. The molecule has 0 atom stereocenters. The molecule has 0 aliphatic rings. The van der Waals surface area contributed by atoms with Crippen molar-refractivity contribution in [2.24, 2.45) is 12.0 Å². The van der Waals surface area contributed by atoms with Crippen LogP contribution in [0.5, 0.6) is 0 Å². The first-order valence-corrected chi connectivity index (χ1v) is 5.70. The van der Waals surface area contributed by atoms with E-state index in [1.807, 2.05) is 14.1 Å². The second kappa shape index (κ2) is 3.47. The van der Waals surface area contributed by atoms with Crippen molar-refractivity contribution in [2.45, 2.75) is 0 Å². The van der Waals surface area contributed by atoms with E-state index in [9.17, 15) is 0 Å². The molecule has 4 heteroatoms. The molecule has 2 aromatic rings. The minimum atomic E-state index is 1.06. The van der Waals surface area contributed by atoms with Gasteiger partial charge in [0.25, 0.3) is 0 Å². The maximum atomic E-state index is 4.19. The van der Waals surface area contributed by atoms with Crippen molar-refractivity contribution >= 4 is 22.7 Å². The molecule has 0 N–H and O–H groups in total. The molecule has 0 aromatic carbocycles. The monoisotopic (exact) mass is 210 g/mol. The average molecular weight is 210 g/mol. The summed E-state index contributed by atoms with van der Waals surface area (Å²) in [5.41, 5.74) is 1.25. The Labute approximate surface area is 84.8 Å². The SMILES string of the molecule is CN=c1scc(-c2cccs2)n1C. The molecule has 2 rings (SSSR count). The summed E-state index contributed by atoms with van der Waals surface area (Å²) in [6.45, 7) is 0. The fourth-order valence-electron chi connectivity index (χ4n) is 1.22. The lowest BCUT2D eigenvalue weighted by atomic mass is 10.4. The highest BCUT2D eigenvalue weighted by molar-refractivity contribution is 7.14. The minimum Gasteiger partial charge on any atom is -0.319 e. The van der Waals surface area contributed by atoms with Crippen LogP contribution in [-0.4, -0.2) is 11.6 Å². The second-order valence-corrected chi connectivity index (χ2v) is 4.45. The number of hydrogen-bond donors (Lipinski definition) is 0. The van der Waals surface area contributed by atoms with Gasteiger partial charge in [-0.1, -0.05) is 6.07 Å². The second-order valence-electron chi connectivity index (χ2n) is 2.66.